The number of nitrogens with zero attached hydrogens (tertiary/aromatic N) is 4. The van der Waals surface area contributed by atoms with Gasteiger partial charge in [-0.05, 0) is 18.6 Å². The van der Waals surface area contributed by atoms with Gasteiger partial charge >= 0.3 is 0 Å². The van der Waals surface area contributed by atoms with Crippen LogP contribution < -0.4 is 0 Å². The minimum Gasteiger partial charge on any atom is -0.339 e. The average Bonchev–Trinajstić information content (AvgIpc) is 2.90. The third-order valence-corrected chi connectivity index (χ3v) is 5.55. The lowest BCUT2D eigenvalue weighted by Crippen LogP contribution is -2.49. The number of aromatic nitrogens is 2. The standard InChI is InChI=1S/C17H20BrClN4O/c1-13-16(19)10-20-23(13)12-17(24)22-8-6-21(7-9-22)11-14-4-2-3-5-15(14)18/h2-5,10H,6-9,11-12H2,1H3. The number of amides is 1. The molecule has 1 amide bonds. The van der Waals surface area contributed by atoms with Gasteiger partial charge in [0, 0.05) is 37.2 Å². The van der Waals surface area contributed by atoms with Crippen LogP contribution in [-0.4, -0.2) is 51.7 Å². The van der Waals surface area contributed by atoms with E-state index in [9.17, 15) is 4.79 Å². The Hall–Kier alpha value is -1.37. The van der Waals surface area contributed by atoms with Crippen molar-refractivity contribution in [1.29, 1.82) is 0 Å². The van der Waals surface area contributed by atoms with Crippen molar-refractivity contribution in [3.8, 4) is 0 Å². The molecule has 7 heteroatoms. The van der Waals surface area contributed by atoms with Crippen molar-refractivity contribution < 1.29 is 4.79 Å². The van der Waals surface area contributed by atoms with E-state index in [0.717, 1.165) is 42.9 Å². The summed E-state index contributed by atoms with van der Waals surface area (Å²) in [5, 5.41) is 4.75. The molecule has 0 saturated carbocycles. The van der Waals surface area contributed by atoms with Crippen LogP contribution in [0.4, 0.5) is 0 Å². The highest BCUT2D eigenvalue weighted by atomic mass is 79.9. The minimum absolute atomic E-state index is 0.0957. The fourth-order valence-corrected chi connectivity index (χ4v) is 3.39. The maximum absolute atomic E-state index is 12.4. The molecule has 1 aliphatic rings. The number of hydrogen-bond donors (Lipinski definition) is 0. The highest BCUT2D eigenvalue weighted by Gasteiger charge is 2.22. The van der Waals surface area contributed by atoms with E-state index in [1.54, 1.807) is 10.9 Å². The summed E-state index contributed by atoms with van der Waals surface area (Å²) in [7, 11) is 0. The van der Waals surface area contributed by atoms with Gasteiger partial charge in [0.25, 0.3) is 0 Å². The number of hydrogen-bond acceptors (Lipinski definition) is 3. The predicted molar refractivity (Wildman–Crippen MR) is 98.0 cm³/mol. The summed E-state index contributed by atoms with van der Waals surface area (Å²) in [6.45, 7) is 6.28. The molecule has 5 nitrogen and oxygen atoms in total. The molecule has 0 unspecified atom stereocenters. The van der Waals surface area contributed by atoms with Crippen LogP contribution in [0.1, 0.15) is 11.3 Å². The molecule has 2 heterocycles. The van der Waals surface area contributed by atoms with Crippen LogP contribution >= 0.6 is 27.5 Å². The molecule has 0 atom stereocenters. The molecule has 0 N–H and O–H groups in total. The molecule has 3 rings (SSSR count). The smallest absolute Gasteiger partial charge is 0.244 e. The zero-order valence-electron chi connectivity index (χ0n) is 13.6. The van der Waals surface area contributed by atoms with Crippen LogP contribution in [0.2, 0.25) is 5.02 Å². The molecular formula is C17H20BrClN4O. The van der Waals surface area contributed by atoms with E-state index in [1.165, 1.54) is 5.56 Å². The third kappa shape index (κ3) is 3.99. The van der Waals surface area contributed by atoms with Crippen molar-refractivity contribution in [1.82, 2.24) is 19.6 Å². The number of piperazine rings is 1. The van der Waals surface area contributed by atoms with Crippen molar-refractivity contribution in [3.63, 3.8) is 0 Å². The predicted octanol–water partition coefficient (Wildman–Crippen LogP) is 2.95. The van der Waals surface area contributed by atoms with E-state index in [0.29, 0.717) is 5.02 Å². The number of carbonyl (C=O) groups is 1. The lowest BCUT2D eigenvalue weighted by Gasteiger charge is -2.35. The lowest BCUT2D eigenvalue weighted by atomic mass is 10.2. The van der Waals surface area contributed by atoms with Gasteiger partial charge < -0.3 is 4.90 Å². The van der Waals surface area contributed by atoms with E-state index in [-0.39, 0.29) is 12.5 Å². The average molecular weight is 412 g/mol. The van der Waals surface area contributed by atoms with Gasteiger partial charge in [-0.3, -0.25) is 14.4 Å². The van der Waals surface area contributed by atoms with Gasteiger partial charge in [-0.25, -0.2) is 0 Å². The maximum Gasteiger partial charge on any atom is 0.244 e. The SMILES string of the molecule is Cc1c(Cl)cnn1CC(=O)N1CCN(Cc2ccccc2Br)CC1. The van der Waals surface area contributed by atoms with Crippen LogP contribution in [0.15, 0.2) is 34.9 Å². The Labute approximate surface area is 155 Å². The molecular weight excluding hydrogens is 392 g/mol. The Balaban J connectivity index is 1.52. The highest BCUT2D eigenvalue weighted by Crippen LogP contribution is 2.19. The molecule has 128 valence electrons. The summed E-state index contributed by atoms with van der Waals surface area (Å²) in [5.74, 6) is 0.0957. The molecule has 0 aliphatic carbocycles. The quantitative estimate of drug-likeness (QED) is 0.777. The Bertz CT molecular complexity index is 725. The van der Waals surface area contributed by atoms with Crippen LogP contribution in [-0.2, 0) is 17.9 Å². The Kier molecular flexibility index (Phi) is 5.58. The van der Waals surface area contributed by atoms with Gasteiger partial charge in [0.15, 0.2) is 0 Å². The van der Waals surface area contributed by atoms with Crippen LogP contribution in [0, 0.1) is 6.92 Å². The molecule has 1 fully saturated rings. The van der Waals surface area contributed by atoms with Gasteiger partial charge in [-0.15, -0.1) is 0 Å². The Morgan fingerprint density at radius 1 is 1.25 bits per heavy atom. The summed E-state index contributed by atoms with van der Waals surface area (Å²) < 4.78 is 2.80. The van der Waals surface area contributed by atoms with Gasteiger partial charge in [-0.2, -0.15) is 5.10 Å². The Morgan fingerprint density at radius 2 is 1.96 bits per heavy atom. The van der Waals surface area contributed by atoms with E-state index in [4.69, 9.17) is 11.6 Å². The molecule has 2 aromatic rings. The van der Waals surface area contributed by atoms with Crippen molar-refractivity contribution in [2.45, 2.75) is 20.0 Å². The van der Waals surface area contributed by atoms with Crippen molar-refractivity contribution in [2.24, 2.45) is 0 Å². The third-order valence-electron chi connectivity index (χ3n) is 4.41. The number of benzene rings is 1. The molecule has 1 saturated heterocycles. The molecule has 0 bridgehead atoms. The topological polar surface area (TPSA) is 41.4 Å². The first-order valence-corrected chi connectivity index (χ1v) is 9.13. The Morgan fingerprint density at radius 3 is 2.58 bits per heavy atom. The minimum atomic E-state index is 0.0957. The van der Waals surface area contributed by atoms with E-state index < -0.39 is 0 Å². The van der Waals surface area contributed by atoms with Gasteiger partial charge in [0.1, 0.15) is 6.54 Å². The molecule has 24 heavy (non-hydrogen) atoms. The summed E-state index contributed by atoms with van der Waals surface area (Å²) >= 11 is 9.58. The molecule has 0 radical (unpaired) electrons. The van der Waals surface area contributed by atoms with Gasteiger partial charge in [0.05, 0.1) is 16.9 Å². The fraction of sp³-hybridized carbons (Fsp3) is 0.412. The number of rotatable bonds is 4. The summed E-state index contributed by atoms with van der Waals surface area (Å²) in [6.07, 6.45) is 1.58. The van der Waals surface area contributed by atoms with Gasteiger partial charge in [-0.1, -0.05) is 45.7 Å². The summed E-state index contributed by atoms with van der Waals surface area (Å²) in [4.78, 5) is 16.7. The summed E-state index contributed by atoms with van der Waals surface area (Å²) in [5.41, 5.74) is 2.11. The van der Waals surface area contributed by atoms with E-state index in [1.807, 2.05) is 17.9 Å². The van der Waals surface area contributed by atoms with Crippen molar-refractivity contribution >= 4 is 33.4 Å². The van der Waals surface area contributed by atoms with Crippen LogP contribution in [0.5, 0.6) is 0 Å². The largest absolute Gasteiger partial charge is 0.339 e. The van der Waals surface area contributed by atoms with E-state index >= 15 is 0 Å². The van der Waals surface area contributed by atoms with Crippen LogP contribution in [0.3, 0.4) is 0 Å². The molecule has 0 spiro atoms. The normalized spacial score (nSPS) is 15.7. The first kappa shape index (κ1) is 17.5. The first-order chi connectivity index (χ1) is 11.5. The van der Waals surface area contributed by atoms with Crippen LogP contribution in [0.25, 0.3) is 0 Å². The fourth-order valence-electron chi connectivity index (χ4n) is 2.83. The van der Waals surface area contributed by atoms with E-state index in [2.05, 4.69) is 44.1 Å². The second kappa shape index (κ2) is 7.68. The second-order valence-electron chi connectivity index (χ2n) is 5.98. The first-order valence-electron chi connectivity index (χ1n) is 7.96. The second-order valence-corrected chi connectivity index (χ2v) is 7.25. The highest BCUT2D eigenvalue weighted by molar-refractivity contribution is 9.10. The zero-order chi connectivity index (χ0) is 17.1. The summed E-state index contributed by atoms with van der Waals surface area (Å²) in [6, 6.07) is 8.27. The molecule has 1 aliphatic heterocycles. The molecule has 1 aromatic heterocycles. The van der Waals surface area contributed by atoms with Crippen molar-refractivity contribution in [3.05, 3.63) is 51.2 Å². The number of halogens is 2. The van der Waals surface area contributed by atoms with Gasteiger partial charge in [0.2, 0.25) is 5.91 Å². The maximum atomic E-state index is 12.4. The molecule has 1 aromatic carbocycles. The lowest BCUT2D eigenvalue weighted by molar-refractivity contribution is -0.133. The van der Waals surface area contributed by atoms with Crippen molar-refractivity contribution in [2.75, 3.05) is 26.2 Å². The number of carbonyl (C=O) groups excluding carboxylic acids is 1. The monoisotopic (exact) mass is 410 g/mol. The zero-order valence-corrected chi connectivity index (χ0v) is 15.9.